The molecule has 0 spiro atoms. The molecule has 0 atom stereocenters. The van der Waals surface area contributed by atoms with Gasteiger partial charge in [0.2, 0.25) is 11.5 Å². The van der Waals surface area contributed by atoms with Gasteiger partial charge in [0.25, 0.3) is 8.07 Å². The SMILES string of the molecule is O=S=NP(C(F)(F)F)C(F)(F)F. The van der Waals surface area contributed by atoms with Crippen LogP contribution in [-0.2, 0) is 11.5 Å². The average Bonchev–Trinajstić information content (AvgIpc) is 1.77. The van der Waals surface area contributed by atoms with Crippen LogP contribution in [0, 0.1) is 0 Å². The molecule has 0 N–H and O–H groups in total. The molecule has 0 amide bonds. The number of halogens is 6. The quantitative estimate of drug-likeness (QED) is 0.504. The Morgan fingerprint density at radius 3 is 1.42 bits per heavy atom. The zero-order chi connectivity index (χ0) is 9.99. The summed E-state index contributed by atoms with van der Waals surface area (Å²) in [5, 5.41) is 0. The molecule has 0 aromatic carbocycles. The maximum atomic E-state index is 11.5. The topological polar surface area (TPSA) is 29.4 Å². The first-order valence-corrected chi connectivity index (χ1v) is 4.12. The van der Waals surface area contributed by atoms with Crippen molar-refractivity contribution in [1.29, 1.82) is 0 Å². The van der Waals surface area contributed by atoms with Gasteiger partial charge in [0.05, 0.1) is 0 Å². The molecule has 0 bridgehead atoms. The van der Waals surface area contributed by atoms with Gasteiger partial charge >= 0.3 is 11.8 Å². The van der Waals surface area contributed by atoms with Crippen LogP contribution in [0.25, 0.3) is 0 Å². The van der Waals surface area contributed by atoms with E-state index in [1.807, 2.05) is 4.13 Å². The molecule has 0 saturated heterocycles. The zero-order valence-corrected chi connectivity index (χ0v) is 6.69. The Kier molecular flexibility index (Phi) is 3.64. The van der Waals surface area contributed by atoms with Gasteiger partial charge in [-0.2, -0.15) is 34.7 Å². The van der Waals surface area contributed by atoms with Crippen molar-refractivity contribution in [2.45, 2.75) is 11.8 Å². The Morgan fingerprint density at radius 2 is 1.33 bits per heavy atom. The van der Waals surface area contributed by atoms with Crippen molar-refractivity contribution in [1.82, 2.24) is 0 Å². The number of alkyl halides is 6. The van der Waals surface area contributed by atoms with E-state index in [2.05, 4.69) is 0 Å². The first-order chi connectivity index (χ1) is 5.19. The number of hydrogen-bond acceptors (Lipinski definition) is 2. The molecule has 0 aliphatic heterocycles. The van der Waals surface area contributed by atoms with E-state index in [4.69, 9.17) is 0 Å². The van der Waals surface area contributed by atoms with Gasteiger partial charge < -0.3 is 0 Å². The lowest BCUT2D eigenvalue weighted by Gasteiger charge is -2.15. The Balaban J connectivity index is 4.81. The second-order valence-corrected chi connectivity index (χ2v) is 3.84. The van der Waals surface area contributed by atoms with Crippen LogP contribution in [0.15, 0.2) is 4.13 Å². The fourth-order valence-corrected chi connectivity index (χ4v) is 1.56. The third kappa shape index (κ3) is 3.48. The summed E-state index contributed by atoms with van der Waals surface area (Å²) in [7, 11) is -4.57. The monoisotopic (exact) mass is 231 g/mol. The van der Waals surface area contributed by atoms with Crippen LogP contribution in [0.5, 0.6) is 0 Å². The van der Waals surface area contributed by atoms with Gasteiger partial charge in [-0.1, -0.05) is 0 Å². The molecule has 0 radical (unpaired) electrons. The minimum absolute atomic E-state index is 1.07. The van der Waals surface area contributed by atoms with Gasteiger partial charge in [-0.05, 0) is 0 Å². The molecule has 0 unspecified atom stereocenters. The largest absolute Gasteiger partial charge is 0.436 e. The van der Waals surface area contributed by atoms with Crippen molar-refractivity contribution >= 4 is 19.5 Å². The highest BCUT2D eigenvalue weighted by Gasteiger charge is 2.58. The summed E-state index contributed by atoms with van der Waals surface area (Å²) in [6.07, 6.45) is 0. The van der Waals surface area contributed by atoms with E-state index in [1.54, 1.807) is 0 Å². The van der Waals surface area contributed by atoms with E-state index in [0.717, 1.165) is 0 Å². The summed E-state index contributed by atoms with van der Waals surface area (Å²) in [4.78, 5) is 0. The first kappa shape index (κ1) is 11.8. The zero-order valence-electron chi connectivity index (χ0n) is 4.98. The van der Waals surface area contributed by atoms with E-state index in [9.17, 15) is 30.6 Å². The van der Waals surface area contributed by atoms with Crippen LogP contribution in [0.2, 0.25) is 0 Å². The van der Waals surface area contributed by atoms with Gasteiger partial charge in [0.15, 0.2) is 0 Å². The summed E-state index contributed by atoms with van der Waals surface area (Å²) in [6, 6.07) is 0. The number of hydrogen-bond donors (Lipinski definition) is 0. The van der Waals surface area contributed by atoms with Crippen molar-refractivity contribution in [3.05, 3.63) is 0 Å². The maximum Gasteiger partial charge on any atom is 0.436 e. The van der Waals surface area contributed by atoms with E-state index in [0.29, 0.717) is 0 Å². The second kappa shape index (κ2) is 3.69. The second-order valence-electron chi connectivity index (χ2n) is 1.40. The molecule has 0 heterocycles. The van der Waals surface area contributed by atoms with Gasteiger partial charge in [-0.15, -0.1) is 0 Å². The number of nitrogens with zero attached hydrogens (tertiary/aromatic N) is 1. The Labute approximate surface area is 67.0 Å². The van der Waals surface area contributed by atoms with Crippen LogP contribution in [0.4, 0.5) is 26.3 Å². The van der Waals surface area contributed by atoms with Crippen molar-refractivity contribution in [3.8, 4) is 0 Å². The maximum absolute atomic E-state index is 11.5. The lowest BCUT2D eigenvalue weighted by molar-refractivity contribution is -0.0832. The van der Waals surface area contributed by atoms with E-state index in [-0.39, 0.29) is 0 Å². The summed E-state index contributed by atoms with van der Waals surface area (Å²) >= 11 is -1.07. The van der Waals surface area contributed by atoms with E-state index >= 15 is 0 Å². The molecule has 0 rings (SSSR count). The molecular weight excluding hydrogens is 231 g/mol. The van der Waals surface area contributed by atoms with E-state index < -0.39 is 31.4 Å². The van der Waals surface area contributed by atoms with Crippen molar-refractivity contribution in [3.63, 3.8) is 0 Å². The summed E-state index contributed by atoms with van der Waals surface area (Å²) in [5.74, 6) is -11.0. The molecule has 10 heteroatoms. The van der Waals surface area contributed by atoms with Crippen LogP contribution >= 0.6 is 8.07 Å². The van der Waals surface area contributed by atoms with Crippen molar-refractivity contribution in [2.24, 2.45) is 4.13 Å². The van der Waals surface area contributed by atoms with Crippen molar-refractivity contribution < 1.29 is 30.6 Å². The fraction of sp³-hybridized carbons (Fsp3) is 1.00. The summed E-state index contributed by atoms with van der Waals surface area (Å²) in [5.41, 5.74) is 0. The highest BCUT2D eigenvalue weighted by atomic mass is 32.1. The molecule has 0 saturated carbocycles. The lowest BCUT2D eigenvalue weighted by atomic mass is 11.5. The number of rotatable bonds is 1. The third-order valence-electron chi connectivity index (χ3n) is 0.595. The first-order valence-electron chi connectivity index (χ1n) is 2.13. The third-order valence-corrected chi connectivity index (χ3v) is 2.48. The van der Waals surface area contributed by atoms with Gasteiger partial charge in [-0.25, -0.2) is 0 Å². The average molecular weight is 231 g/mol. The molecule has 0 aliphatic carbocycles. The molecule has 12 heavy (non-hydrogen) atoms. The minimum atomic E-state index is -5.50. The van der Waals surface area contributed by atoms with Gasteiger partial charge in [0.1, 0.15) is 0 Å². The van der Waals surface area contributed by atoms with Crippen LogP contribution in [-0.4, -0.2) is 16.0 Å². The highest BCUT2D eigenvalue weighted by Crippen LogP contribution is 2.65. The van der Waals surface area contributed by atoms with Gasteiger partial charge in [-0.3, -0.25) is 0 Å². The van der Waals surface area contributed by atoms with E-state index in [1.165, 1.54) is 0 Å². The predicted molar refractivity (Wildman–Crippen MR) is 29.6 cm³/mol. The molecular formula is C2F6NOPS. The normalized spacial score (nSPS) is 13.2. The molecule has 2 nitrogen and oxygen atoms in total. The Bertz CT molecular complexity index is 191. The Hall–Kier alpha value is -0.170. The molecule has 0 aromatic rings. The predicted octanol–water partition coefficient (Wildman–Crippen LogP) is 2.82. The fourth-order valence-electron chi connectivity index (χ4n) is 0.270. The molecule has 0 fully saturated rings. The standard InChI is InChI=1S/C2F6NOPS/c3-1(4,5)11(9-12-10)2(6,7)8. The lowest BCUT2D eigenvalue weighted by Crippen LogP contribution is -2.16. The molecule has 72 valence electrons. The van der Waals surface area contributed by atoms with Crippen molar-refractivity contribution in [2.75, 3.05) is 0 Å². The van der Waals surface area contributed by atoms with Crippen LogP contribution < -0.4 is 0 Å². The van der Waals surface area contributed by atoms with Crippen LogP contribution in [0.3, 0.4) is 0 Å². The van der Waals surface area contributed by atoms with Gasteiger partial charge in [0, 0.05) is 0 Å². The minimum Gasteiger partial charge on any atom is -0.191 e. The summed E-state index contributed by atoms with van der Waals surface area (Å²) in [6.45, 7) is 0. The van der Waals surface area contributed by atoms with Crippen LogP contribution in [0.1, 0.15) is 0 Å². The highest BCUT2D eigenvalue weighted by molar-refractivity contribution is 7.68. The molecule has 0 aliphatic rings. The Morgan fingerprint density at radius 1 is 1.00 bits per heavy atom. The molecule has 0 aromatic heterocycles. The smallest absolute Gasteiger partial charge is 0.191 e. The summed E-state index contributed by atoms with van der Waals surface area (Å²) < 4.78 is 80.0.